The Morgan fingerprint density at radius 2 is 1.60 bits per heavy atom. The summed E-state index contributed by atoms with van der Waals surface area (Å²) in [6.45, 7) is 9.81. The van der Waals surface area contributed by atoms with E-state index in [-0.39, 0.29) is 0 Å². The van der Waals surface area contributed by atoms with E-state index >= 15 is 0 Å². The molecule has 1 N–H and O–H groups in total. The first-order valence-corrected chi connectivity index (χ1v) is 6.26. The fraction of sp³-hybridized carbons (Fsp3) is 1.00. The lowest BCUT2D eigenvalue weighted by molar-refractivity contribution is 0.479. The van der Waals surface area contributed by atoms with Crippen LogP contribution in [0.5, 0.6) is 0 Å². The van der Waals surface area contributed by atoms with Crippen LogP contribution in [-0.2, 0) is 4.57 Å². The van der Waals surface area contributed by atoms with E-state index < -0.39 is 7.29 Å². The lowest BCUT2D eigenvalue weighted by atomic mass is 10.1. The van der Waals surface area contributed by atoms with Gasteiger partial charge in [-0.15, -0.1) is 0 Å². The topological polar surface area (TPSA) is 29.1 Å². The van der Waals surface area contributed by atoms with Crippen molar-refractivity contribution in [3.05, 3.63) is 0 Å². The summed E-state index contributed by atoms with van der Waals surface area (Å²) in [5.74, 6) is 0.549. The van der Waals surface area contributed by atoms with E-state index in [2.05, 4.69) is 25.9 Å². The zero-order valence-corrected chi connectivity index (χ0v) is 8.40. The van der Waals surface area contributed by atoms with Gasteiger partial charge in [-0.2, -0.15) is 0 Å². The molecule has 0 aliphatic heterocycles. The van der Waals surface area contributed by atoms with Crippen LogP contribution in [0.25, 0.3) is 0 Å². The third kappa shape index (κ3) is 5.01. The maximum atomic E-state index is 11.2. The van der Waals surface area contributed by atoms with Gasteiger partial charge in [0.15, 0.2) is 0 Å². The lowest BCUT2D eigenvalue weighted by Gasteiger charge is -2.20. The van der Waals surface area contributed by atoms with Crippen LogP contribution in [-0.4, -0.2) is 19.4 Å². The van der Waals surface area contributed by atoms with Gasteiger partial charge in [-0.3, -0.25) is 5.09 Å². The molecule has 0 aliphatic rings. The fourth-order valence-corrected chi connectivity index (χ4v) is 1.92. The van der Waals surface area contributed by atoms with Gasteiger partial charge < -0.3 is 4.57 Å². The molecule has 0 saturated heterocycles. The van der Waals surface area contributed by atoms with Crippen LogP contribution in [0.4, 0.5) is 0 Å². The van der Waals surface area contributed by atoms with E-state index in [9.17, 15) is 4.57 Å². The smallest absolute Gasteiger partial charge is 0.142 e. The monoisotopic (exact) mass is 163 g/mol. The zero-order valence-electron chi connectivity index (χ0n) is 7.51. The second kappa shape index (κ2) is 3.54. The Bertz CT molecular complexity index is 139. The van der Waals surface area contributed by atoms with Gasteiger partial charge in [0.2, 0.25) is 0 Å². The van der Waals surface area contributed by atoms with Gasteiger partial charge >= 0.3 is 0 Å². The van der Waals surface area contributed by atoms with Gasteiger partial charge in [-0.05, 0) is 12.8 Å². The first kappa shape index (κ1) is 10.2. The number of rotatable bonds is 3. The van der Waals surface area contributed by atoms with Gasteiger partial charge in [-0.1, -0.05) is 13.8 Å². The Morgan fingerprint density at radius 1 is 1.20 bits per heavy atom. The molecule has 62 valence electrons. The number of hydrogen-bond donors (Lipinski definition) is 1. The highest BCUT2D eigenvalue weighted by Crippen LogP contribution is 2.31. The third-order valence-electron chi connectivity index (χ3n) is 1.51. The minimum Gasteiger partial charge on any atom is -0.307 e. The summed E-state index contributed by atoms with van der Waals surface area (Å²) in [6.07, 6.45) is 0. The Morgan fingerprint density at radius 3 is 1.70 bits per heavy atom. The van der Waals surface area contributed by atoms with Crippen molar-refractivity contribution in [2.24, 2.45) is 5.92 Å². The van der Waals surface area contributed by atoms with Gasteiger partial charge in [0.1, 0.15) is 7.29 Å². The van der Waals surface area contributed by atoms with E-state index in [4.69, 9.17) is 0 Å². The molecular formula is C7H18NOP. The lowest BCUT2D eigenvalue weighted by Crippen LogP contribution is -2.27. The van der Waals surface area contributed by atoms with Gasteiger partial charge in [0.25, 0.3) is 0 Å². The zero-order chi connectivity index (χ0) is 8.36. The molecule has 0 spiro atoms. The number of hydrogen-bond acceptors (Lipinski definition) is 1. The molecule has 0 bridgehead atoms. The van der Waals surface area contributed by atoms with Crippen LogP contribution in [0.3, 0.4) is 0 Å². The normalized spacial score (nSPS) is 15.8. The first-order chi connectivity index (χ1) is 4.33. The van der Waals surface area contributed by atoms with Crippen molar-refractivity contribution < 1.29 is 4.57 Å². The minimum absolute atomic E-state index is 0.348. The van der Waals surface area contributed by atoms with Crippen molar-refractivity contribution in [2.75, 3.05) is 13.3 Å². The third-order valence-corrected chi connectivity index (χ3v) is 2.54. The molecule has 0 aliphatic carbocycles. The summed E-state index contributed by atoms with van der Waals surface area (Å²) in [5, 5.41) is 3.07. The molecule has 0 saturated carbocycles. The highest BCUT2D eigenvalue weighted by Gasteiger charge is 2.13. The van der Waals surface area contributed by atoms with Crippen LogP contribution < -0.4 is 5.09 Å². The Kier molecular flexibility index (Phi) is 3.61. The number of nitrogens with one attached hydrogen (secondary N) is 1. The standard InChI is InChI=1S/C7H18NOP/c1-6(2)7(3)8-10(4,5)9/h6-7H,1-5H3,(H,8,9). The Labute approximate surface area is 63.8 Å². The quantitative estimate of drug-likeness (QED) is 0.646. The van der Waals surface area contributed by atoms with Gasteiger partial charge in [0, 0.05) is 19.4 Å². The molecule has 0 rings (SSSR count). The van der Waals surface area contributed by atoms with Crippen LogP contribution in [0.1, 0.15) is 20.8 Å². The van der Waals surface area contributed by atoms with Crippen molar-refractivity contribution in [3.63, 3.8) is 0 Å². The van der Waals surface area contributed by atoms with Crippen molar-refractivity contribution in [1.82, 2.24) is 5.09 Å². The summed E-state index contributed by atoms with van der Waals surface area (Å²) in [6, 6.07) is 0.348. The first-order valence-electron chi connectivity index (χ1n) is 3.65. The fourth-order valence-electron chi connectivity index (χ4n) is 0.639. The van der Waals surface area contributed by atoms with Crippen LogP contribution >= 0.6 is 7.29 Å². The molecule has 0 fully saturated rings. The molecule has 1 unspecified atom stereocenters. The molecule has 0 amide bonds. The maximum absolute atomic E-state index is 11.2. The van der Waals surface area contributed by atoms with E-state index in [0.717, 1.165) is 0 Å². The highest BCUT2D eigenvalue weighted by atomic mass is 31.2. The molecule has 0 aromatic carbocycles. The van der Waals surface area contributed by atoms with Crippen molar-refractivity contribution in [3.8, 4) is 0 Å². The summed E-state index contributed by atoms with van der Waals surface area (Å²) < 4.78 is 11.2. The molecule has 0 radical (unpaired) electrons. The minimum atomic E-state index is -2.03. The SMILES string of the molecule is CC(C)C(C)NP(C)(C)=O. The average Bonchev–Trinajstić information content (AvgIpc) is 1.60. The molecule has 0 heterocycles. The summed E-state index contributed by atoms with van der Waals surface area (Å²) in [5.41, 5.74) is 0. The molecule has 2 nitrogen and oxygen atoms in total. The Hall–Kier alpha value is 0.190. The van der Waals surface area contributed by atoms with E-state index in [1.165, 1.54) is 0 Å². The van der Waals surface area contributed by atoms with Crippen molar-refractivity contribution in [1.29, 1.82) is 0 Å². The largest absolute Gasteiger partial charge is 0.307 e. The molecule has 3 heteroatoms. The average molecular weight is 163 g/mol. The molecule has 1 atom stereocenters. The molecular weight excluding hydrogens is 145 g/mol. The van der Waals surface area contributed by atoms with E-state index in [1.54, 1.807) is 13.3 Å². The summed E-state index contributed by atoms with van der Waals surface area (Å²) in [4.78, 5) is 0. The van der Waals surface area contributed by atoms with Gasteiger partial charge in [0.05, 0.1) is 0 Å². The van der Waals surface area contributed by atoms with Crippen molar-refractivity contribution >= 4 is 7.29 Å². The second-order valence-corrected chi connectivity index (χ2v) is 6.47. The van der Waals surface area contributed by atoms with Crippen LogP contribution in [0.15, 0.2) is 0 Å². The van der Waals surface area contributed by atoms with Crippen molar-refractivity contribution in [2.45, 2.75) is 26.8 Å². The van der Waals surface area contributed by atoms with E-state index in [1.807, 2.05) is 0 Å². The van der Waals surface area contributed by atoms with E-state index in [0.29, 0.717) is 12.0 Å². The molecule has 0 aromatic heterocycles. The predicted octanol–water partition coefficient (Wildman–Crippen LogP) is 2.16. The molecule has 10 heavy (non-hydrogen) atoms. The summed E-state index contributed by atoms with van der Waals surface area (Å²) in [7, 11) is -2.03. The van der Waals surface area contributed by atoms with Crippen LogP contribution in [0, 0.1) is 5.92 Å². The van der Waals surface area contributed by atoms with Crippen LogP contribution in [0.2, 0.25) is 0 Å². The maximum Gasteiger partial charge on any atom is 0.142 e. The Balaban J connectivity index is 3.80. The molecule has 0 aromatic rings. The summed E-state index contributed by atoms with van der Waals surface area (Å²) >= 11 is 0. The highest BCUT2D eigenvalue weighted by molar-refractivity contribution is 7.60. The predicted molar refractivity (Wildman–Crippen MR) is 46.9 cm³/mol. The van der Waals surface area contributed by atoms with Gasteiger partial charge in [-0.25, -0.2) is 0 Å². The second-order valence-electron chi connectivity index (χ2n) is 3.51.